The van der Waals surface area contributed by atoms with E-state index in [0.29, 0.717) is 58.7 Å². The van der Waals surface area contributed by atoms with E-state index in [4.69, 9.17) is 18.9 Å². The first-order valence-corrected chi connectivity index (χ1v) is 13.7. The summed E-state index contributed by atoms with van der Waals surface area (Å²) in [6.45, 7) is 7.23. The maximum atomic E-state index is 12.5. The van der Waals surface area contributed by atoms with Gasteiger partial charge in [0, 0.05) is 55.3 Å². The van der Waals surface area contributed by atoms with E-state index in [1.54, 1.807) is 4.90 Å². The maximum Gasteiger partial charge on any atom is 0.410 e. The van der Waals surface area contributed by atoms with Gasteiger partial charge in [-0.3, -0.25) is 4.79 Å². The molecule has 2 aliphatic rings. The zero-order valence-electron chi connectivity index (χ0n) is 22.7. The molecule has 39 heavy (non-hydrogen) atoms. The van der Waals surface area contributed by atoms with Crippen molar-refractivity contribution in [3.63, 3.8) is 0 Å². The molecule has 3 heterocycles. The molecule has 2 aromatic carbocycles. The third-order valence-corrected chi connectivity index (χ3v) is 7.48. The van der Waals surface area contributed by atoms with E-state index in [2.05, 4.69) is 41.2 Å². The van der Waals surface area contributed by atoms with Gasteiger partial charge in [0.25, 0.3) is 0 Å². The minimum Gasteiger partial charge on any atom is -0.466 e. The molecule has 0 aliphatic carbocycles. The summed E-state index contributed by atoms with van der Waals surface area (Å²) in [5.41, 5.74) is 4.20. The van der Waals surface area contributed by atoms with Crippen molar-refractivity contribution in [2.45, 2.75) is 51.5 Å². The number of rotatable bonds is 8. The summed E-state index contributed by atoms with van der Waals surface area (Å²) in [4.78, 5) is 25.9. The third kappa shape index (κ3) is 6.37. The Morgan fingerprint density at radius 1 is 1.05 bits per heavy atom. The average molecular weight is 536 g/mol. The Morgan fingerprint density at radius 2 is 1.79 bits per heavy atom. The van der Waals surface area contributed by atoms with E-state index in [1.807, 2.05) is 37.3 Å². The summed E-state index contributed by atoms with van der Waals surface area (Å²) in [7, 11) is 0. The number of ether oxygens (including phenoxy) is 4. The van der Waals surface area contributed by atoms with Crippen molar-refractivity contribution >= 4 is 28.7 Å². The van der Waals surface area contributed by atoms with Crippen LogP contribution in [-0.2, 0) is 30.3 Å². The summed E-state index contributed by atoms with van der Waals surface area (Å²) in [5, 5.41) is 4.47. The molecular formula is C30H37N3O6. The molecule has 2 aliphatic heterocycles. The fraction of sp³-hybridized carbons (Fsp3) is 0.467. The number of likely N-dealkylation sites (tertiary alicyclic amines) is 1. The second-order valence-corrected chi connectivity index (χ2v) is 10.1. The summed E-state index contributed by atoms with van der Waals surface area (Å²) < 4.78 is 25.3. The third-order valence-electron chi connectivity index (χ3n) is 7.48. The second kappa shape index (κ2) is 12.1. The SMILES string of the molecule is CCOC(=O)CCNc1cc2ccn(C3COC4(CCN(C(=O)OCc5ccccc5)CC4)OC3)c2cc1C. The predicted octanol–water partition coefficient (Wildman–Crippen LogP) is 5.03. The molecule has 0 saturated carbocycles. The lowest BCUT2D eigenvalue weighted by Crippen LogP contribution is -2.53. The molecule has 2 fully saturated rings. The Hall–Kier alpha value is -3.56. The molecule has 0 atom stereocenters. The number of aryl methyl sites for hydroxylation is 1. The van der Waals surface area contributed by atoms with Gasteiger partial charge in [0.1, 0.15) is 6.61 Å². The van der Waals surface area contributed by atoms with Crippen LogP contribution in [0.4, 0.5) is 10.5 Å². The monoisotopic (exact) mass is 535 g/mol. The van der Waals surface area contributed by atoms with Crippen LogP contribution in [0.3, 0.4) is 0 Å². The van der Waals surface area contributed by atoms with Crippen molar-refractivity contribution in [3.05, 3.63) is 65.9 Å². The van der Waals surface area contributed by atoms with Gasteiger partial charge in [-0.25, -0.2) is 4.79 Å². The van der Waals surface area contributed by atoms with E-state index >= 15 is 0 Å². The number of esters is 1. The summed E-state index contributed by atoms with van der Waals surface area (Å²) in [6, 6.07) is 16.1. The lowest BCUT2D eigenvalue weighted by molar-refractivity contribution is -0.293. The largest absolute Gasteiger partial charge is 0.466 e. The molecule has 0 unspecified atom stereocenters. The number of fused-ring (bicyclic) bond motifs is 1. The fourth-order valence-corrected chi connectivity index (χ4v) is 5.22. The van der Waals surface area contributed by atoms with Crippen LogP contribution < -0.4 is 5.32 Å². The molecule has 0 bridgehead atoms. The van der Waals surface area contributed by atoms with E-state index < -0.39 is 5.79 Å². The number of carbonyl (C=O) groups is 2. The van der Waals surface area contributed by atoms with Crippen LogP contribution in [-0.4, -0.2) is 66.8 Å². The maximum absolute atomic E-state index is 12.5. The molecular weight excluding hydrogens is 498 g/mol. The molecule has 9 nitrogen and oxygen atoms in total. The number of piperidine rings is 1. The smallest absolute Gasteiger partial charge is 0.410 e. The van der Waals surface area contributed by atoms with Crippen molar-refractivity contribution in [2.24, 2.45) is 0 Å². The van der Waals surface area contributed by atoms with Gasteiger partial charge in [0.2, 0.25) is 0 Å². The van der Waals surface area contributed by atoms with Gasteiger partial charge in [-0.2, -0.15) is 0 Å². The Labute approximate surface area is 229 Å². The average Bonchev–Trinajstić information content (AvgIpc) is 3.36. The summed E-state index contributed by atoms with van der Waals surface area (Å²) >= 11 is 0. The Bertz CT molecular complexity index is 1270. The van der Waals surface area contributed by atoms with E-state index in [0.717, 1.165) is 27.7 Å². The van der Waals surface area contributed by atoms with Crippen LogP contribution in [0.25, 0.3) is 10.9 Å². The van der Waals surface area contributed by atoms with Crippen LogP contribution in [0.5, 0.6) is 0 Å². The van der Waals surface area contributed by atoms with E-state index in [9.17, 15) is 9.59 Å². The van der Waals surface area contributed by atoms with Crippen molar-refractivity contribution < 1.29 is 28.5 Å². The molecule has 3 aromatic rings. The van der Waals surface area contributed by atoms with Gasteiger partial charge in [-0.15, -0.1) is 0 Å². The fourth-order valence-electron chi connectivity index (χ4n) is 5.22. The van der Waals surface area contributed by atoms with Crippen LogP contribution in [0.1, 0.15) is 43.4 Å². The van der Waals surface area contributed by atoms with Gasteiger partial charge < -0.3 is 33.7 Å². The Kier molecular flexibility index (Phi) is 8.38. The lowest BCUT2D eigenvalue weighted by Gasteiger charge is -2.45. The Balaban J connectivity index is 1.13. The van der Waals surface area contributed by atoms with Crippen molar-refractivity contribution in [1.82, 2.24) is 9.47 Å². The summed E-state index contributed by atoms with van der Waals surface area (Å²) in [5.74, 6) is -0.847. The molecule has 1 spiro atoms. The van der Waals surface area contributed by atoms with Gasteiger partial charge in [-0.05, 0) is 43.2 Å². The highest BCUT2D eigenvalue weighted by Crippen LogP contribution is 2.35. The van der Waals surface area contributed by atoms with Crippen LogP contribution in [0.15, 0.2) is 54.7 Å². The number of aromatic nitrogens is 1. The summed E-state index contributed by atoms with van der Waals surface area (Å²) in [6.07, 6.45) is 3.34. The van der Waals surface area contributed by atoms with Gasteiger partial charge >= 0.3 is 12.1 Å². The number of hydrogen-bond donors (Lipinski definition) is 1. The highest BCUT2D eigenvalue weighted by atomic mass is 16.7. The van der Waals surface area contributed by atoms with Gasteiger partial charge in [0.15, 0.2) is 5.79 Å². The molecule has 1 N–H and O–H groups in total. The topological polar surface area (TPSA) is 91.3 Å². The number of benzene rings is 2. The van der Waals surface area contributed by atoms with Crippen molar-refractivity contribution in [3.8, 4) is 0 Å². The van der Waals surface area contributed by atoms with E-state index in [1.165, 1.54) is 0 Å². The molecule has 9 heteroatoms. The predicted molar refractivity (Wildman–Crippen MR) is 148 cm³/mol. The molecule has 2 saturated heterocycles. The van der Waals surface area contributed by atoms with Gasteiger partial charge in [-0.1, -0.05) is 30.3 Å². The van der Waals surface area contributed by atoms with Crippen molar-refractivity contribution in [1.29, 1.82) is 0 Å². The lowest BCUT2D eigenvalue weighted by atomic mass is 10.0. The first-order valence-electron chi connectivity index (χ1n) is 13.7. The minimum atomic E-state index is -0.651. The zero-order chi connectivity index (χ0) is 27.2. The molecule has 5 rings (SSSR count). The molecule has 208 valence electrons. The Morgan fingerprint density at radius 3 is 2.51 bits per heavy atom. The number of nitrogens with zero attached hydrogens (tertiary/aromatic N) is 2. The quantitative estimate of drug-likeness (QED) is 0.405. The number of hydrogen-bond acceptors (Lipinski definition) is 7. The minimum absolute atomic E-state index is 0.0593. The van der Waals surface area contributed by atoms with Crippen LogP contribution in [0.2, 0.25) is 0 Å². The van der Waals surface area contributed by atoms with E-state index in [-0.39, 0.29) is 24.7 Å². The van der Waals surface area contributed by atoms with Gasteiger partial charge in [0.05, 0.1) is 32.3 Å². The molecule has 0 radical (unpaired) electrons. The second-order valence-electron chi connectivity index (χ2n) is 10.1. The van der Waals surface area contributed by atoms with Crippen LogP contribution in [0, 0.1) is 6.92 Å². The molecule has 1 aromatic heterocycles. The first kappa shape index (κ1) is 27.0. The highest BCUT2D eigenvalue weighted by Gasteiger charge is 2.42. The highest BCUT2D eigenvalue weighted by molar-refractivity contribution is 5.85. The molecule has 1 amide bonds. The first-order chi connectivity index (χ1) is 19.0. The number of carbonyl (C=O) groups excluding carboxylic acids is 2. The van der Waals surface area contributed by atoms with Crippen LogP contribution >= 0.6 is 0 Å². The standard InChI is InChI=1S/C30H37N3O6/c1-3-36-28(34)9-13-31-26-18-24-10-14-33(27(24)17-22(26)2)25-20-38-30(39-21-25)11-15-32(16-12-30)29(35)37-19-23-7-5-4-6-8-23/h4-8,10,14,17-18,25,31H,3,9,11-13,15-16,19-21H2,1-2H3. The zero-order valence-corrected chi connectivity index (χ0v) is 22.7. The van der Waals surface area contributed by atoms with Crippen molar-refractivity contribution in [2.75, 3.05) is 44.8 Å². The number of amides is 1. The number of anilines is 1. The number of nitrogens with one attached hydrogen (secondary N) is 1. The normalized spacial score (nSPS) is 17.3.